The van der Waals surface area contributed by atoms with Gasteiger partial charge in [-0.2, -0.15) is 0 Å². The SMILES string of the molecule is CCN1CCC(CCNC(=O)C(C)(N)c2ccccc2)CC1. The number of hydrogen-bond acceptors (Lipinski definition) is 3. The van der Waals surface area contributed by atoms with Crippen molar-refractivity contribution in [2.45, 2.75) is 38.6 Å². The molecule has 2 rings (SSSR count). The second kappa shape index (κ2) is 7.75. The van der Waals surface area contributed by atoms with E-state index in [0.29, 0.717) is 0 Å². The van der Waals surface area contributed by atoms with Gasteiger partial charge in [-0.15, -0.1) is 0 Å². The van der Waals surface area contributed by atoms with Crippen molar-refractivity contribution < 1.29 is 4.79 Å². The maximum absolute atomic E-state index is 12.4. The molecule has 22 heavy (non-hydrogen) atoms. The molecule has 122 valence electrons. The molecule has 1 saturated heterocycles. The normalized spacial score (nSPS) is 19.6. The Bertz CT molecular complexity index is 464. The van der Waals surface area contributed by atoms with E-state index in [2.05, 4.69) is 17.1 Å². The Balaban J connectivity index is 1.76. The highest BCUT2D eigenvalue weighted by atomic mass is 16.2. The molecule has 1 heterocycles. The van der Waals surface area contributed by atoms with Crippen molar-refractivity contribution >= 4 is 5.91 Å². The molecule has 1 fully saturated rings. The average Bonchev–Trinajstić information content (AvgIpc) is 2.56. The van der Waals surface area contributed by atoms with Crippen LogP contribution in [0.2, 0.25) is 0 Å². The topological polar surface area (TPSA) is 58.4 Å². The third-order valence-electron chi connectivity index (χ3n) is 4.84. The highest BCUT2D eigenvalue weighted by Crippen LogP contribution is 2.20. The highest BCUT2D eigenvalue weighted by Gasteiger charge is 2.30. The summed E-state index contributed by atoms with van der Waals surface area (Å²) in [6, 6.07) is 9.56. The Morgan fingerprint density at radius 3 is 2.55 bits per heavy atom. The van der Waals surface area contributed by atoms with E-state index < -0.39 is 5.54 Å². The van der Waals surface area contributed by atoms with Gasteiger partial charge in [-0.1, -0.05) is 37.3 Å². The smallest absolute Gasteiger partial charge is 0.244 e. The monoisotopic (exact) mass is 303 g/mol. The molecule has 0 saturated carbocycles. The maximum atomic E-state index is 12.4. The Kier molecular flexibility index (Phi) is 5.98. The fraction of sp³-hybridized carbons (Fsp3) is 0.611. The third-order valence-corrected chi connectivity index (χ3v) is 4.84. The summed E-state index contributed by atoms with van der Waals surface area (Å²) in [5.74, 6) is 0.633. The number of carbonyl (C=O) groups excluding carboxylic acids is 1. The number of rotatable bonds is 6. The molecule has 1 atom stereocenters. The molecule has 1 aliphatic rings. The largest absolute Gasteiger partial charge is 0.354 e. The fourth-order valence-electron chi connectivity index (χ4n) is 3.08. The van der Waals surface area contributed by atoms with Gasteiger partial charge in [-0.05, 0) is 57.3 Å². The van der Waals surface area contributed by atoms with E-state index in [9.17, 15) is 4.79 Å². The Labute approximate surface area is 134 Å². The molecule has 0 aromatic heterocycles. The van der Waals surface area contributed by atoms with Crippen LogP contribution in [-0.4, -0.2) is 37.0 Å². The number of likely N-dealkylation sites (tertiary alicyclic amines) is 1. The number of nitrogens with one attached hydrogen (secondary N) is 1. The second-order valence-corrected chi connectivity index (χ2v) is 6.49. The first-order valence-corrected chi connectivity index (χ1v) is 8.39. The lowest BCUT2D eigenvalue weighted by Crippen LogP contribution is -2.49. The summed E-state index contributed by atoms with van der Waals surface area (Å²) in [6.07, 6.45) is 3.53. The summed E-state index contributed by atoms with van der Waals surface area (Å²) in [5.41, 5.74) is 6.10. The molecule has 1 aromatic carbocycles. The van der Waals surface area contributed by atoms with Gasteiger partial charge in [-0.3, -0.25) is 4.79 Å². The number of nitrogens with zero attached hydrogens (tertiary/aromatic N) is 1. The Morgan fingerprint density at radius 2 is 1.95 bits per heavy atom. The molecule has 4 nitrogen and oxygen atoms in total. The number of piperidine rings is 1. The third kappa shape index (κ3) is 4.31. The summed E-state index contributed by atoms with van der Waals surface area (Å²) in [5, 5.41) is 3.02. The number of hydrogen-bond donors (Lipinski definition) is 2. The minimum absolute atomic E-state index is 0.0929. The standard InChI is InChI=1S/C18H29N3O/c1-3-21-13-10-15(11-14-21)9-12-20-17(22)18(2,19)16-7-5-4-6-8-16/h4-8,15H,3,9-14,19H2,1-2H3,(H,20,22). The lowest BCUT2D eigenvalue weighted by molar-refractivity contribution is -0.126. The molecule has 3 N–H and O–H groups in total. The molecular formula is C18H29N3O. The van der Waals surface area contributed by atoms with Gasteiger partial charge in [-0.25, -0.2) is 0 Å². The van der Waals surface area contributed by atoms with Gasteiger partial charge in [0.05, 0.1) is 0 Å². The van der Waals surface area contributed by atoms with Crippen molar-refractivity contribution in [3.63, 3.8) is 0 Å². The Hall–Kier alpha value is -1.39. The molecule has 0 bridgehead atoms. The van der Waals surface area contributed by atoms with Crippen LogP contribution in [0.3, 0.4) is 0 Å². The molecule has 0 spiro atoms. The maximum Gasteiger partial charge on any atom is 0.244 e. The molecular weight excluding hydrogens is 274 g/mol. The van der Waals surface area contributed by atoms with E-state index in [1.807, 2.05) is 30.3 Å². The number of amides is 1. The van der Waals surface area contributed by atoms with Crippen LogP contribution in [0.25, 0.3) is 0 Å². The number of nitrogens with two attached hydrogens (primary N) is 1. The van der Waals surface area contributed by atoms with Gasteiger partial charge < -0.3 is 16.0 Å². The molecule has 1 aliphatic heterocycles. The second-order valence-electron chi connectivity index (χ2n) is 6.49. The van der Waals surface area contributed by atoms with Crippen LogP contribution in [0.1, 0.15) is 38.7 Å². The zero-order valence-corrected chi connectivity index (χ0v) is 13.8. The summed E-state index contributed by atoms with van der Waals surface area (Å²) >= 11 is 0. The van der Waals surface area contributed by atoms with E-state index in [1.54, 1.807) is 6.92 Å². The van der Waals surface area contributed by atoms with Crippen molar-refractivity contribution in [3.8, 4) is 0 Å². The predicted octanol–water partition coefficient (Wildman–Crippen LogP) is 2.10. The first-order chi connectivity index (χ1) is 10.5. The first kappa shape index (κ1) is 17.0. The van der Waals surface area contributed by atoms with Gasteiger partial charge in [0.2, 0.25) is 5.91 Å². The van der Waals surface area contributed by atoms with Gasteiger partial charge >= 0.3 is 0 Å². The van der Waals surface area contributed by atoms with E-state index >= 15 is 0 Å². The van der Waals surface area contributed by atoms with Gasteiger partial charge in [0.25, 0.3) is 0 Å². The van der Waals surface area contributed by atoms with E-state index in [1.165, 1.54) is 25.9 Å². The zero-order valence-electron chi connectivity index (χ0n) is 13.8. The van der Waals surface area contributed by atoms with E-state index in [-0.39, 0.29) is 5.91 Å². The zero-order chi connectivity index (χ0) is 16.0. The van der Waals surface area contributed by atoms with E-state index in [0.717, 1.165) is 31.0 Å². The summed E-state index contributed by atoms with van der Waals surface area (Å²) in [4.78, 5) is 14.8. The molecule has 0 aliphatic carbocycles. The first-order valence-electron chi connectivity index (χ1n) is 8.39. The summed E-state index contributed by atoms with van der Waals surface area (Å²) < 4.78 is 0. The number of benzene rings is 1. The Morgan fingerprint density at radius 1 is 1.32 bits per heavy atom. The molecule has 4 heteroatoms. The summed E-state index contributed by atoms with van der Waals surface area (Å²) in [7, 11) is 0. The van der Waals surface area contributed by atoms with Gasteiger partial charge in [0, 0.05) is 6.54 Å². The molecule has 1 amide bonds. The van der Waals surface area contributed by atoms with Crippen LogP contribution in [0.15, 0.2) is 30.3 Å². The summed E-state index contributed by atoms with van der Waals surface area (Å²) in [6.45, 7) is 8.23. The average molecular weight is 303 g/mol. The minimum Gasteiger partial charge on any atom is -0.354 e. The van der Waals surface area contributed by atoms with Crippen LogP contribution < -0.4 is 11.1 Å². The van der Waals surface area contributed by atoms with E-state index in [4.69, 9.17) is 5.73 Å². The molecule has 1 aromatic rings. The minimum atomic E-state index is -0.965. The van der Waals surface area contributed by atoms with Crippen LogP contribution in [-0.2, 0) is 10.3 Å². The fourth-order valence-corrected chi connectivity index (χ4v) is 3.08. The predicted molar refractivity (Wildman–Crippen MR) is 90.4 cm³/mol. The van der Waals surface area contributed by atoms with Crippen molar-refractivity contribution in [2.24, 2.45) is 11.7 Å². The highest BCUT2D eigenvalue weighted by molar-refractivity contribution is 5.86. The number of carbonyl (C=O) groups is 1. The van der Waals surface area contributed by atoms with Crippen molar-refractivity contribution in [2.75, 3.05) is 26.2 Å². The lowest BCUT2D eigenvalue weighted by atomic mass is 9.91. The molecule has 0 radical (unpaired) electrons. The quantitative estimate of drug-likeness (QED) is 0.846. The van der Waals surface area contributed by atoms with Crippen molar-refractivity contribution in [3.05, 3.63) is 35.9 Å². The van der Waals surface area contributed by atoms with Gasteiger partial charge in [0.1, 0.15) is 5.54 Å². The lowest BCUT2D eigenvalue weighted by Gasteiger charge is -2.31. The van der Waals surface area contributed by atoms with Crippen LogP contribution >= 0.6 is 0 Å². The van der Waals surface area contributed by atoms with Crippen LogP contribution in [0, 0.1) is 5.92 Å². The van der Waals surface area contributed by atoms with Crippen LogP contribution in [0.4, 0.5) is 0 Å². The van der Waals surface area contributed by atoms with Crippen molar-refractivity contribution in [1.29, 1.82) is 0 Å². The van der Waals surface area contributed by atoms with Crippen molar-refractivity contribution in [1.82, 2.24) is 10.2 Å². The van der Waals surface area contributed by atoms with Crippen LogP contribution in [0.5, 0.6) is 0 Å². The molecule has 1 unspecified atom stereocenters. The van der Waals surface area contributed by atoms with Gasteiger partial charge in [0.15, 0.2) is 0 Å².